The summed E-state index contributed by atoms with van der Waals surface area (Å²) in [5, 5.41) is 13.7. The van der Waals surface area contributed by atoms with Gasteiger partial charge in [-0.1, -0.05) is 178 Å². The maximum atomic E-state index is 12.7. The molecule has 0 rings (SSSR count). The SMILES string of the molecule is CC/C=C\C/C=C\C/C=C\CCCCCCCCCC(=O)NC(COP(=O)(O)OCCN)C(O)/C=C/CCCCCCCCCCCCCCCC. The number of phosphoric ester groups is 1. The highest BCUT2D eigenvalue weighted by atomic mass is 31.2. The molecule has 0 aromatic heterocycles. The molecule has 52 heavy (non-hydrogen) atoms. The lowest BCUT2D eigenvalue weighted by Crippen LogP contribution is -2.45. The van der Waals surface area contributed by atoms with E-state index in [1.54, 1.807) is 6.08 Å². The van der Waals surface area contributed by atoms with Crippen LogP contribution in [0.3, 0.4) is 0 Å². The van der Waals surface area contributed by atoms with E-state index in [-0.39, 0.29) is 25.7 Å². The lowest BCUT2D eigenvalue weighted by molar-refractivity contribution is -0.123. The summed E-state index contributed by atoms with van der Waals surface area (Å²) >= 11 is 0. The lowest BCUT2D eigenvalue weighted by atomic mass is 10.0. The molecular formula is C43H81N2O6P. The van der Waals surface area contributed by atoms with Crippen LogP contribution >= 0.6 is 7.82 Å². The Bertz CT molecular complexity index is 954. The van der Waals surface area contributed by atoms with Crippen LogP contribution in [0.25, 0.3) is 0 Å². The van der Waals surface area contributed by atoms with Crippen LogP contribution in [0, 0.1) is 0 Å². The Hall–Kier alpha value is -1.54. The van der Waals surface area contributed by atoms with Gasteiger partial charge in [0.25, 0.3) is 0 Å². The summed E-state index contributed by atoms with van der Waals surface area (Å²) in [6, 6.07) is -0.866. The van der Waals surface area contributed by atoms with Crippen molar-refractivity contribution >= 4 is 13.7 Å². The third-order valence-electron chi connectivity index (χ3n) is 9.16. The first-order valence-corrected chi connectivity index (χ1v) is 22.8. The molecule has 8 nitrogen and oxygen atoms in total. The van der Waals surface area contributed by atoms with E-state index >= 15 is 0 Å². The van der Waals surface area contributed by atoms with Gasteiger partial charge >= 0.3 is 7.82 Å². The van der Waals surface area contributed by atoms with Gasteiger partial charge in [-0.25, -0.2) is 4.57 Å². The van der Waals surface area contributed by atoms with Crippen molar-refractivity contribution in [2.45, 2.75) is 199 Å². The van der Waals surface area contributed by atoms with Crippen molar-refractivity contribution in [2.75, 3.05) is 19.8 Å². The molecule has 0 aromatic carbocycles. The average molecular weight is 753 g/mol. The zero-order valence-corrected chi connectivity index (χ0v) is 34.4. The minimum atomic E-state index is -4.34. The fraction of sp³-hybridized carbons (Fsp3) is 0.791. The standard InChI is InChI=1S/C43H81N2O6P/c1-3-5-7-9-11-13-15-17-19-21-23-25-27-29-31-33-35-37-43(47)45-41(40-51-52(48,49)50-39-38-44)42(46)36-34-32-30-28-26-24-22-20-18-16-14-12-10-8-6-4-2/h5,7,11,13,17,19,34,36,41-42,46H,3-4,6,8-10,12,14-16,18,20-33,35,37-40,44H2,1-2H3,(H,45,47)(H,48,49)/b7-5-,13-11-,19-17-,36-34+. The molecule has 0 aromatic rings. The van der Waals surface area contributed by atoms with E-state index in [1.807, 2.05) is 6.08 Å². The molecule has 9 heteroatoms. The number of hydrogen-bond acceptors (Lipinski definition) is 6. The van der Waals surface area contributed by atoms with Crippen molar-refractivity contribution in [1.29, 1.82) is 0 Å². The molecular weight excluding hydrogens is 671 g/mol. The predicted molar refractivity (Wildman–Crippen MR) is 221 cm³/mol. The number of carbonyl (C=O) groups excluding carboxylic acids is 1. The number of allylic oxidation sites excluding steroid dienone is 7. The normalized spacial score (nSPS) is 14.6. The second-order valence-corrected chi connectivity index (χ2v) is 15.6. The van der Waals surface area contributed by atoms with Crippen LogP contribution in [0.15, 0.2) is 48.6 Å². The minimum absolute atomic E-state index is 0.0752. The third-order valence-corrected chi connectivity index (χ3v) is 10.1. The van der Waals surface area contributed by atoms with Gasteiger partial charge < -0.3 is 21.1 Å². The van der Waals surface area contributed by atoms with E-state index < -0.39 is 20.0 Å². The van der Waals surface area contributed by atoms with Crippen LogP contribution in [0.5, 0.6) is 0 Å². The highest BCUT2D eigenvalue weighted by Crippen LogP contribution is 2.43. The van der Waals surface area contributed by atoms with Crippen LogP contribution in [0.4, 0.5) is 0 Å². The second-order valence-electron chi connectivity index (χ2n) is 14.2. The Kier molecular flexibility index (Phi) is 38.0. The topological polar surface area (TPSA) is 131 Å². The molecule has 0 heterocycles. The number of hydrogen-bond donors (Lipinski definition) is 4. The lowest BCUT2D eigenvalue weighted by Gasteiger charge is -2.23. The summed E-state index contributed by atoms with van der Waals surface area (Å²) in [6.45, 7) is 4.01. The van der Waals surface area contributed by atoms with Crippen molar-refractivity contribution in [2.24, 2.45) is 5.73 Å². The largest absolute Gasteiger partial charge is 0.472 e. The van der Waals surface area contributed by atoms with Gasteiger partial charge in [0.15, 0.2) is 0 Å². The molecule has 304 valence electrons. The molecule has 0 aliphatic rings. The third kappa shape index (κ3) is 36.8. The van der Waals surface area contributed by atoms with Gasteiger partial charge in [-0.3, -0.25) is 13.8 Å². The molecule has 3 unspecified atom stereocenters. The molecule has 0 saturated carbocycles. The van der Waals surface area contributed by atoms with E-state index in [0.717, 1.165) is 70.6 Å². The summed E-state index contributed by atoms with van der Waals surface area (Å²) in [4.78, 5) is 22.7. The van der Waals surface area contributed by atoms with Crippen molar-refractivity contribution in [3.05, 3.63) is 48.6 Å². The van der Waals surface area contributed by atoms with Gasteiger partial charge in [0.1, 0.15) is 0 Å². The molecule has 0 spiro atoms. The van der Waals surface area contributed by atoms with E-state index in [9.17, 15) is 19.4 Å². The number of aliphatic hydroxyl groups excluding tert-OH is 1. The van der Waals surface area contributed by atoms with E-state index in [4.69, 9.17) is 14.8 Å². The Balaban J connectivity index is 4.26. The number of phosphoric acid groups is 1. The molecule has 0 radical (unpaired) electrons. The molecule has 5 N–H and O–H groups in total. The second kappa shape index (κ2) is 39.2. The van der Waals surface area contributed by atoms with Crippen molar-refractivity contribution in [3.8, 4) is 0 Å². The number of rotatable bonds is 39. The van der Waals surface area contributed by atoms with Crippen LogP contribution in [-0.4, -0.2) is 47.8 Å². The van der Waals surface area contributed by atoms with Crippen LogP contribution < -0.4 is 11.1 Å². The maximum Gasteiger partial charge on any atom is 0.472 e. The molecule has 0 fully saturated rings. The molecule has 0 aliphatic carbocycles. The fourth-order valence-corrected chi connectivity index (χ4v) is 6.73. The monoisotopic (exact) mass is 753 g/mol. The number of aliphatic hydroxyl groups is 1. The summed E-state index contributed by atoms with van der Waals surface area (Å²) < 4.78 is 22.1. The van der Waals surface area contributed by atoms with E-state index in [0.29, 0.717) is 6.42 Å². The van der Waals surface area contributed by atoms with Gasteiger partial charge in [0, 0.05) is 13.0 Å². The molecule has 0 saturated heterocycles. The van der Waals surface area contributed by atoms with E-state index in [2.05, 4.69) is 55.6 Å². The first-order valence-electron chi connectivity index (χ1n) is 21.3. The smallest absolute Gasteiger partial charge is 0.387 e. The summed E-state index contributed by atoms with van der Waals surface area (Å²) in [5.74, 6) is -0.206. The van der Waals surface area contributed by atoms with Crippen LogP contribution in [0.1, 0.15) is 187 Å². The number of nitrogens with two attached hydrogens (primary N) is 1. The van der Waals surface area contributed by atoms with Gasteiger partial charge in [0.2, 0.25) is 5.91 Å². The van der Waals surface area contributed by atoms with Crippen LogP contribution in [-0.2, 0) is 18.4 Å². The Labute approximate surface area is 320 Å². The number of amides is 1. The Morgan fingerprint density at radius 3 is 1.63 bits per heavy atom. The molecule has 3 atom stereocenters. The Morgan fingerprint density at radius 2 is 1.12 bits per heavy atom. The van der Waals surface area contributed by atoms with Crippen molar-refractivity contribution in [3.63, 3.8) is 0 Å². The summed E-state index contributed by atoms with van der Waals surface area (Å²) in [6.07, 6.45) is 47.2. The summed E-state index contributed by atoms with van der Waals surface area (Å²) in [5.41, 5.74) is 5.37. The van der Waals surface area contributed by atoms with Gasteiger partial charge in [-0.05, 0) is 51.4 Å². The maximum absolute atomic E-state index is 12.7. The zero-order chi connectivity index (χ0) is 38.2. The number of carbonyl (C=O) groups is 1. The Morgan fingerprint density at radius 1 is 0.654 bits per heavy atom. The van der Waals surface area contributed by atoms with E-state index in [1.165, 1.54) is 96.3 Å². The molecule has 1 amide bonds. The predicted octanol–water partition coefficient (Wildman–Crippen LogP) is 11.7. The van der Waals surface area contributed by atoms with Gasteiger partial charge in [-0.15, -0.1) is 0 Å². The summed E-state index contributed by atoms with van der Waals surface area (Å²) in [7, 11) is -4.34. The number of nitrogens with one attached hydrogen (secondary N) is 1. The van der Waals surface area contributed by atoms with Crippen molar-refractivity contribution in [1.82, 2.24) is 5.32 Å². The number of unbranched alkanes of at least 4 members (excludes halogenated alkanes) is 21. The first-order chi connectivity index (χ1) is 25.4. The fourth-order valence-electron chi connectivity index (χ4n) is 5.97. The molecule has 0 bridgehead atoms. The average Bonchev–Trinajstić information content (AvgIpc) is 3.13. The van der Waals surface area contributed by atoms with Crippen molar-refractivity contribution < 1.29 is 28.4 Å². The van der Waals surface area contributed by atoms with Gasteiger partial charge in [0.05, 0.1) is 25.4 Å². The minimum Gasteiger partial charge on any atom is -0.387 e. The van der Waals surface area contributed by atoms with Gasteiger partial charge in [-0.2, -0.15) is 0 Å². The first kappa shape index (κ1) is 50.5. The quantitative estimate of drug-likeness (QED) is 0.0279. The zero-order valence-electron chi connectivity index (χ0n) is 33.5. The molecule has 0 aliphatic heterocycles. The van der Waals surface area contributed by atoms with Crippen LogP contribution in [0.2, 0.25) is 0 Å². The highest BCUT2D eigenvalue weighted by molar-refractivity contribution is 7.47. The highest BCUT2D eigenvalue weighted by Gasteiger charge is 2.26.